The molecule has 0 saturated carbocycles. The van der Waals surface area contributed by atoms with Gasteiger partial charge in [-0.15, -0.1) is 0 Å². The third kappa shape index (κ3) is 4.42. The molecule has 1 aliphatic carbocycles. The Labute approximate surface area is 163 Å². The number of rotatable bonds is 4. The van der Waals surface area contributed by atoms with Crippen LogP contribution < -0.4 is 10.4 Å². The number of hydrogen-bond acceptors (Lipinski definition) is 1. The first-order valence-electron chi connectivity index (χ1n) is 10.4. The molecule has 0 spiro atoms. The third-order valence-electron chi connectivity index (χ3n) is 6.52. The molecule has 2 aromatic rings. The van der Waals surface area contributed by atoms with Gasteiger partial charge in [0, 0.05) is 13.1 Å². The van der Waals surface area contributed by atoms with E-state index in [0.717, 1.165) is 17.1 Å². The molecule has 0 bridgehead atoms. The van der Waals surface area contributed by atoms with E-state index in [-0.39, 0.29) is 0 Å². The lowest BCUT2D eigenvalue weighted by Crippen LogP contribution is -2.42. The van der Waals surface area contributed by atoms with Crippen LogP contribution in [0, 0.1) is 11.8 Å². The van der Waals surface area contributed by atoms with Crippen LogP contribution in [0.1, 0.15) is 31.7 Å². The van der Waals surface area contributed by atoms with E-state index < -0.39 is 0 Å². The number of likely N-dealkylation sites (tertiary alicyclic amines) is 1. The molecule has 0 amide bonds. The molecule has 1 saturated heterocycles. The number of allylic oxidation sites excluding steroid dienone is 2. The van der Waals surface area contributed by atoms with Gasteiger partial charge in [-0.2, -0.15) is 0 Å². The van der Waals surface area contributed by atoms with E-state index in [9.17, 15) is 0 Å². The summed E-state index contributed by atoms with van der Waals surface area (Å²) >= 11 is 0. The zero-order valence-corrected chi connectivity index (χ0v) is 16.5. The monoisotopic (exact) mass is 357 g/mol. The van der Waals surface area contributed by atoms with Crippen molar-refractivity contribution in [3.8, 4) is 0 Å². The van der Waals surface area contributed by atoms with Crippen LogP contribution in [0.4, 0.5) is 0 Å². The van der Waals surface area contributed by atoms with Crippen molar-refractivity contribution in [2.75, 3.05) is 19.6 Å². The first-order valence-corrected chi connectivity index (χ1v) is 10.4. The van der Waals surface area contributed by atoms with Gasteiger partial charge in [-0.05, 0) is 72.6 Å². The van der Waals surface area contributed by atoms with E-state index in [1.807, 2.05) is 0 Å². The molecule has 1 heterocycles. The quantitative estimate of drug-likeness (QED) is 0.794. The number of benzene rings is 2. The van der Waals surface area contributed by atoms with Crippen molar-refractivity contribution in [2.24, 2.45) is 11.8 Å². The van der Waals surface area contributed by atoms with Crippen molar-refractivity contribution in [1.82, 2.24) is 4.90 Å². The van der Waals surface area contributed by atoms with Crippen LogP contribution in [0.5, 0.6) is 0 Å². The molecule has 4 rings (SSSR count). The molecule has 2 aliphatic rings. The normalized spacial score (nSPS) is 24.1. The Kier molecular flexibility index (Phi) is 5.59. The van der Waals surface area contributed by atoms with Crippen LogP contribution in [-0.2, 0) is 6.42 Å². The lowest BCUT2D eigenvalue weighted by molar-refractivity contribution is 0.114. The highest BCUT2D eigenvalue weighted by Gasteiger charge is 2.32. The van der Waals surface area contributed by atoms with Gasteiger partial charge < -0.3 is 4.90 Å². The minimum absolute atomic E-state index is 0.807. The smallest absolute Gasteiger partial charge is 0.00219 e. The van der Waals surface area contributed by atoms with Gasteiger partial charge >= 0.3 is 0 Å². The number of nitrogens with zero attached hydrogens (tertiary/aromatic N) is 1. The van der Waals surface area contributed by atoms with Crippen molar-refractivity contribution in [1.29, 1.82) is 0 Å². The van der Waals surface area contributed by atoms with Crippen LogP contribution in [-0.4, -0.2) is 24.5 Å². The Bertz CT molecular complexity index is 909. The van der Waals surface area contributed by atoms with Crippen molar-refractivity contribution in [3.63, 3.8) is 0 Å². The van der Waals surface area contributed by atoms with Gasteiger partial charge in [-0.25, -0.2) is 0 Å². The van der Waals surface area contributed by atoms with Crippen LogP contribution >= 0.6 is 0 Å². The average molecular weight is 358 g/mol. The lowest BCUT2D eigenvalue weighted by Gasteiger charge is -2.42. The van der Waals surface area contributed by atoms with Gasteiger partial charge in [0.15, 0.2) is 0 Å². The van der Waals surface area contributed by atoms with Gasteiger partial charge in [0.05, 0.1) is 0 Å². The summed E-state index contributed by atoms with van der Waals surface area (Å²) in [5, 5.41) is 2.41. The summed E-state index contributed by atoms with van der Waals surface area (Å²) in [7, 11) is 0. The molecule has 1 aliphatic heterocycles. The van der Waals surface area contributed by atoms with Crippen LogP contribution in [0.3, 0.4) is 0 Å². The van der Waals surface area contributed by atoms with Crippen molar-refractivity contribution >= 4 is 12.7 Å². The van der Waals surface area contributed by atoms with Crippen LogP contribution in [0.25, 0.3) is 12.7 Å². The maximum Gasteiger partial charge on any atom is 0.00219 e. The molecule has 0 N–H and O–H groups in total. The largest absolute Gasteiger partial charge is 0.303 e. The molecule has 2 aromatic carbocycles. The zero-order chi connectivity index (χ0) is 18.6. The summed E-state index contributed by atoms with van der Waals surface area (Å²) in [4.78, 5) is 2.70. The second-order valence-electron chi connectivity index (χ2n) is 8.40. The fraction of sp³-hybridized carbons (Fsp3) is 0.385. The predicted octanol–water partition coefficient (Wildman–Crippen LogP) is 4.17. The van der Waals surface area contributed by atoms with Gasteiger partial charge in [0.1, 0.15) is 0 Å². The fourth-order valence-electron chi connectivity index (χ4n) is 4.82. The van der Waals surface area contributed by atoms with Gasteiger partial charge in [-0.1, -0.05) is 72.8 Å². The number of fused-ring (bicyclic) bond motifs is 1. The molecule has 0 radical (unpaired) electrons. The Morgan fingerprint density at radius 3 is 2.59 bits per heavy atom. The summed E-state index contributed by atoms with van der Waals surface area (Å²) < 4.78 is 0. The number of piperidine rings is 1. The minimum atomic E-state index is 0.807. The summed E-state index contributed by atoms with van der Waals surface area (Å²) in [6.45, 7) is 10.3. The summed E-state index contributed by atoms with van der Waals surface area (Å²) in [6, 6.07) is 19.4. The molecule has 1 fully saturated rings. The molecule has 27 heavy (non-hydrogen) atoms. The summed E-state index contributed by atoms with van der Waals surface area (Å²) in [5.74, 6) is 1.69. The first kappa shape index (κ1) is 18.3. The molecule has 2 atom stereocenters. The highest BCUT2D eigenvalue weighted by atomic mass is 15.1. The highest BCUT2D eigenvalue weighted by molar-refractivity contribution is 5.50. The molecule has 140 valence electrons. The second kappa shape index (κ2) is 8.27. The molecule has 2 unspecified atom stereocenters. The van der Waals surface area contributed by atoms with E-state index in [1.54, 1.807) is 11.1 Å². The first-order chi connectivity index (χ1) is 13.2. The van der Waals surface area contributed by atoms with Crippen LogP contribution in [0.2, 0.25) is 0 Å². The topological polar surface area (TPSA) is 3.24 Å². The number of hydrogen-bond donors (Lipinski definition) is 0. The van der Waals surface area contributed by atoms with E-state index in [2.05, 4.69) is 79.1 Å². The second-order valence-corrected chi connectivity index (χ2v) is 8.40. The van der Waals surface area contributed by atoms with Gasteiger partial charge in [0.25, 0.3) is 0 Å². The predicted molar refractivity (Wildman–Crippen MR) is 116 cm³/mol. The van der Waals surface area contributed by atoms with Gasteiger partial charge in [-0.3, -0.25) is 0 Å². The van der Waals surface area contributed by atoms with Crippen LogP contribution in [0.15, 0.2) is 65.7 Å². The highest BCUT2D eigenvalue weighted by Crippen LogP contribution is 2.39. The molecule has 1 nitrogen and oxygen atoms in total. The standard InChI is InChI=1S/C26H31N/c1-20-8-6-7-11-23(20)17-25-18-26-19-27(15-13-24(26)16-21(25)2)14-12-22-9-4-3-5-10-22/h3-11,17,24,26H,1,12-16,18-19H2,2H3/b23-17-. The van der Waals surface area contributed by atoms with Crippen molar-refractivity contribution < 1.29 is 0 Å². The Morgan fingerprint density at radius 1 is 1.00 bits per heavy atom. The van der Waals surface area contributed by atoms with E-state index in [0.29, 0.717) is 0 Å². The Morgan fingerprint density at radius 2 is 1.78 bits per heavy atom. The average Bonchev–Trinajstić information content (AvgIpc) is 2.69. The maximum absolute atomic E-state index is 4.20. The third-order valence-corrected chi connectivity index (χ3v) is 6.52. The molecule has 0 aromatic heterocycles. The van der Waals surface area contributed by atoms with Gasteiger partial charge in [0.2, 0.25) is 0 Å². The SMILES string of the molecule is C=c1cccc/c1=C/C1=C(C)CC2CCN(CCc3ccccc3)CC2C1. The van der Waals surface area contributed by atoms with Crippen molar-refractivity contribution in [3.05, 3.63) is 81.7 Å². The fourth-order valence-corrected chi connectivity index (χ4v) is 4.82. The Balaban J connectivity index is 1.44. The Hall–Kier alpha value is -2.12. The zero-order valence-electron chi connectivity index (χ0n) is 16.5. The van der Waals surface area contributed by atoms with Crippen molar-refractivity contribution in [2.45, 2.75) is 32.6 Å². The maximum atomic E-state index is 4.20. The minimum Gasteiger partial charge on any atom is -0.303 e. The van der Waals surface area contributed by atoms with E-state index >= 15 is 0 Å². The summed E-state index contributed by atoms with van der Waals surface area (Å²) in [5.41, 5.74) is 4.61. The molecular weight excluding hydrogens is 326 g/mol. The molecular formula is C26H31N. The molecule has 1 heteroatoms. The van der Waals surface area contributed by atoms with E-state index in [1.165, 1.54) is 56.1 Å². The lowest BCUT2D eigenvalue weighted by atomic mass is 9.72. The van der Waals surface area contributed by atoms with E-state index in [4.69, 9.17) is 0 Å². The summed E-state index contributed by atoms with van der Waals surface area (Å²) in [6.07, 6.45) is 7.43.